The topological polar surface area (TPSA) is 9.23 Å². The predicted octanol–water partition coefficient (Wildman–Crippen LogP) is 5.31. The molecule has 0 bridgehead atoms. The standard InChI is InChI=1S/C15H30O/c1-5-16-14-12-10-8-6-7-9-11-13-15(2,3)4/h5H,1,6-14H2,2-4H3. The molecule has 0 unspecified atom stereocenters. The Kier molecular flexibility index (Phi) is 9.46. The van der Waals surface area contributed by atoms with Crippen LogP contribution in [0.2, 0.25) is 0 Å². The van der Waals surface area contributed by atoms with Crippen molar-refractivity contribution in [3.05, 3.63) is 12.8 Å². The zero-order chi connectivity index (χ0) is 12.3. The molecule has 0 atom stereocenters. The molecule has 96 valence electrons. The monoisotopic (exact) mass is 226 g/mol. The molecule has 0 aliphatic rings. The Labute approximate surface area is 102 Å². The highest BCUT2D eigenvalue weighted by atomic mass is 16.5. The Hall–Kier alpha value is -0.460. The molecule has 0 saturated carbocycles. The number of hydrogen-bond acceptors (Lipinski definition) is 1. The summed E-state index contributed by atoms with van der Waals surface area (Å²) in [6, 6.07) is 0. The van der Waals surface area contributed by atoms with Crippen molar-refractivity contribution in [2.75, 3.05) is 6.61 Å². The number of unbranched alkanes of at least 4 members (excludes halogenated alkanes) is 6. The van der Waals surface area contributed by atoms with E-state index in [4.69, 9.17) is 4.74 Å². The van der Waals surface area contributed by atoms with Gasteiger partial charge in [-0.05, 0) is 18.3 Å². The number of hydrogen-bond donors (Lipinski definition) is 0. The average Bonchev–Trinajstić information content (AvgIpc) is 2.19. The minimum Gasteiger partial charge on any atom is -0.502 e. The highest BCUT2D eigenvalue weighted by molar-refractivity contribution is 4.61. The van der Waals surface area contributed by atoms with E-state index in [1.807, 2.05) is 0 Å². The summed E-state index contributed by atoms with van der Waals surface area (Å²) in [6.07, 6.45) is 12.3. The molecule has 0 aliphatic carbocycles. The van der Waals surface area contributed by atoms with Crippen molar-refractivity contribution < 1.29 is 4.74 Å². The van der Waals surface area contributed by atoms with E-state index in [1.165, 1.54) is 57.6 Å². The van der Waals surface area contributed by atoms with Crippen molar-refractivity contribution in [2.24, 2.45) is 5.41 Å². The lowest BCUT2D eigenvalue weighted by molar-refractivity contribution is 0.241. The molecule has 0 rings (SSSR count). The lowest BCUT2D eigenvalue weighted by atomic mass is 9.89. The van der Waals surface area contributed by atoms with Crippen LogP contribution >= 0.6 is 0 Å². The molecule has 0 N–H and O–H groups in total. The summed E-state index contributed by atoms with van der Waals surface area (Å²) in [5, 5.41) is 0. The van der Waals surface area contributed by atoms with Crippen LogP contribution in [0.3, 0.4) is 0 Å². The van der Waals surface area contributed by atoms with Crippen molar-refractivity contribution in [3.8, 4) is 0 Å². The first-order valence-electron chi connectivity index (χ1n) is 6.79. The van der Waals surface area contributed by atoms with Gasteiger partial charge in [0.1, 0.15) is 0 Å². The summed E-state index contributed by atoms with van der Waals surface area (Å²) < 4.78 is 5.08. The maximum absolute atomic E-state index is 5.08. The second kappa shape index (κ2) is 9.74. The molecule has 0 aromatic heterocycles. The fourth-order valence-corrected chi connectivity index (χ4v) is 1.81. The lowest BCUT2D eigenvalue weighted by Gasteiger charge is -2.17. The third kappa shape index (κ3) is 13.5. The summed E-state index contributed by atoms with van der Waals surface area (Å²) >= 11 is 0. The summed E-state index contributed by atoms with van der Waals surface area (Å²) in [6.45, 7) is 11.3. The van der Waals surface area contributed by atoms with Gasteiger partial charge in [-0.3, -0.25) is 0 Å². The largest absolute Gasteiger partial charge is 0.502 e. The second-order valence-corrected chi connectivity index (χ2v) is 5.82. The van der Waals surface area contributed by atoms with Gasteiger partial charge >= 0.3 is 0 Å². The van der Waals surface area contributed by atoms with Crippen molar-refractivity contribution in [1.29, 1.82) is 0 Å². The number of rotatable bonds is 10. The zero-order valence-electron chi connectivity index (χ0n) is 11.6. The van der Waals surface area contributed by atoms with Crippen LogP contribution in [0.15, 0.2) is 12.8 Å². The van der Waals surface area contributed by atoms with E-state index in [0.29, 0.717) is 5.41 Å². The van der Waals surface area contributed by atoms with E-state index in [9.17, 15) is 0 Å². The van der Waals surface area contributed by atoms with Gasteiger partial charge in [0, 0.05) is 0 Å². The first-order valence-corrected chi connectivity index (χ1v) is 6.79. The van der Waals surface area contributed by atoms with E-state index < -0.39 is 0 Å². The summed E-state index contributed by atoms with van der Waals surface area (Å²) in [5.74, 6) is 0. The molecule has 16 heavy (non-hydrogen) atoms. The third-order valence-electron chi connectivity index (χ3n) is 2.81. The van der Waals surface area contributed by atoms with Crippen molar-refractivity contribution in [1.82, 2.24) is 0 Å². The molecule has 0 heterocycles. The van der Waals surface area contributed by atoms with Crippen LogP contribution in [0.25, 0.3) is 0 Å². The Morgan fingerprint density at radius 1 is 0.875 bits per heavy atom. The van der Waals surface area contributed by atoms with Crippen LogP contribution in [-0.4, -0.2) is 6.61 Å². The van der Waals surface area contributed by atoms with Gasteiger partial charge in [-0.1, -0.05) is 65.9 Å². The molecular weight excluding hydrogens is 196 g/mol. The smallest absolute Gasteiger partial charge is 0.0873 e. The van der Waals surface area contributed by atoms with Crippen LogP contribution in [-0.2, 0) is 4.74 Å². The molecule has 0 radical (unpaired) electrons. The lowest BCUT2D eigenvalue weighted by Crippen LogP contribution is -2.03. The molecule has 0 aromatic carbocycles. The van der Waals surface area contributed by atoms with Crippen LogP contribution in [0.5, 0.6) is 0 Å². The Morgan fingerprint density at radius 3 is 1.88 bits per heavy atom. The van der Waals surface area contributed by atoms with Gasteiger partial charge < -0.3 is 4.74 Å². The van der Waals surface area contributed by atoms with Crippen LogP contribution < -0.4 is 0 Å². The minimum absolute atomic E-state index is 0.516. The molecule has 1 nitrogen and oxygen atoms in total. The van der Waals surface area contributed by atoms with Crippen molar-refractivity contribution in [3.63, 3.8) is 0 Å². The highest BCUT2D eigenvalue weighted by Crippen LogP contribution is 2.22. The van der Waals surface area contributed by atoms with Crippen LogP contribution in [0.4, 0.5) is 0 Å². The molecule has 0 fully saturated rings. The molecule has 0 aliphatic heterocycles. The molecule has 1 heteroatoms. The minimum atomic E-state index is 0.516. The number of ether oxygens (including phenoxy) is 1. The Morgan fingerprint density at radius 2 is 1.38 bits per heavy atom. The average molecular weight is 226 g/mol. The SMILES string of the molecule is C=COCCCCCCCCCC(C)(C)C. The van der Waals surface area contributed by atoms with E-state index in [-0.39, 0.29) is 0 Å². The second-order valence-electron chi connectivity index (χ2n) is 5.82. The molecule has 0 aromatic rings. The molecular formula is C15H30O. The molecule has 0 spiro atoms. The first-order chi connectivity index (χ1) is 7.56. The fraction of sp³-hybridized carbons (Fsp3) is 0.867. The Bertz CT molecular complexity index is 155. The van der Waals surface area contributed by atoms with Gasteiger partial charge in [0.15, 0.2) is 0 Å². The predicted molar refractivity (Wildman–Crippen MR) is 72.5 cm³/mol. The summed E-state index contributed by atoms with van der Waals surface area (Å²) in [7, 11) is 0. The molecule has 0 saturated heterocycles. The van der Waals surface area contributed by atoms with Crippen LogP contribution in [0.1, 0.15) is 72.1 Å². The first kappa shape index (κ1) is 15.5. The fourth-order valence-electron chi connectivity index (χ4n) is 1.81. The third-order valence-corrected chi connectivity index (χ3v) is 2.81. The van der Waals surface area contributed by atoms with Crippen molar-refractivity contribution in [2.45, 2.75) is 72.1 Å². The van der Waals surface area contributed by atoms with Gasteiger partial charge in [-0.2, -0.15) is 0 Å². The van der Waals surface area contributed by atoms with E-state index >= 15 is 0 Å². The molecule has 0 amide bonds. The Balaban J connectivity index is 3.01. The summed E-state index contributed by atoms with van der Waals surface area (Å²) in [5.41, 5.74) is 0.516. The highest BCUT2D eigenvalue weighted by Gasteiger charge is 2.08. The summed E-state index contributed by atoms with van der Waals surface area (Å²) in [4.78, 5) is 0. The maximum atomic E-state index is 5.08. The quantitative estimate of drug-likeness (QED) is 0.362. The van der Waals surface area contributed by atoms with Gasteiger partial charge in [-0.25, -0.2) is 0 Å². The van der Waals surface area contributed by atoms with Crippen LogP contribution in [0, 0.1) is 5.41 Å². The van der Waals surface area contributed by atoms with Gasteiger partial charge in [0.2, 0.25) is 0 Å². The normalized spacial score (nSPS) is 11.4. The van der Waals surface area contributed by atoms with Crippen molar-refractivity contribution >= 4 is 0 Å². The zero-order valence-corrected chi connectivity index (χ0v) is 11.6. The van der Waals surface area contributed by atoms with Gasteiger partial charge in [0.25, 0.3) is 0 Å². The van der Waals surface area contributed by atoms with E-state index in [1.54, 1.807) is 0 Å². The van der Waals surface area contributed by atoms with Gasteiger partial charge in [-0.15, -0.1) is 0 Å². The maximum Gasteiger partial charge on any atom is 0.0873 e. The van der Waals surface area contributed by atoms with Gasteiger partial charge in [0.05, 0.1) is 12.9 Å². The van der Waals surface area contributed by atoms with E-state index in [0.717, 1.165) is 6.61 Å². The van der Waals surface area contributed by atoms with E-state index in [2.05, 4.69) is 27.4 Å².